The van der Waals surface area contributed by atoms with Crippen LogP contribution in [0.25, 0.3) is 0 Å². The fourth-order valence-electron chi connectivity index (χ4n) is 3.07. The van der Waals surface area contributed by atoms with Crippen LogP contribution in [-0.2, 0) is 0 Å². The molecule has 0 bridgehead atoms. The van der Waals surface area contributed by atoms with Gasteiger partial charge in [-0.05, 0) is 64.5 Å². The normalized spacial score (nSPS) is 27.7. The molecule has 0 aliphatic heterocycles. The van der Waals surface area contributed by atoms with Crippen molar-refractivity contribution in [1.29, 1.82) is 0 Å². The second kappa shape index (κ2) is 7.41. The zero-order valence-electron chi connectivity index (χ0n) is 12.7. The maximum Gasteiger partial charge on any atom is 0.00355 e. The first kappa shape index (κ1) is 15.0. The van der Waals surface area contributed by atoms with Crippen LogP contribution >= 0.6 is 0 Å². The summed E-state index contributed by atoms with van der Waals surface area (Å²) < 4.78 is 0. The topological polar surface area (TPSA) is 3.24 Å². The Labute approximate surface area is 109 Å². The molecule has 0 aromatic rings. The third-order valence-corrected chi connectivity index (χ3v) is 5.09. The minimum atomic E-state index is 0.693. The molecule has 1 nitrogen and oxygen atoms in total. The molecule has 102 valence electrons. The molecule has 1 aliphatic rings. The molecule has 0 saturated heterocycles. The molecule has 0 heterocycles. The van der Waals surface area contributed by atoms with Gasteiger partial charge < -0.3 is 4.90 Å². The summed E-state index contributed by atoms with van der Waals surface area (Å²) >= 11 is 0. The largest absolute Gasteiger partial charge is 0.304 e. The van der Waals surface area contributed by atoms with Gasteiger partial charge in [0.1, 0.15) is 0 Å². The van der Waals surface area contributed by atoms with Crippen molar-refractivity contribution in [3.63, 3.8) is 0 Å². The van der Waals surface area contributed by atoms with Crippen LogP contribution in [0.1, 0.15) is 66.2 Å². The Balaban J connectivity index is 2.22. The fraction of sp³-hybridized carbons (Fsp3) is 1.00. The molecule has 1 saturated carbocycles. The van der Waals surface area contributed by atoms with Crippen LogP contribution < -0.4 is 0 Å². The Bertz CT molecular complexity index is 192. The van der Waals surface area contributed by atoms with Gasteiger partial charge in [-0.15, -0.1) is 0 Å². The maximum atomic E-state index is 2.48. The van der Waals surface area contributed by atoms with Crippen molar-refractivity contribution in [2.75, 3.05) is 13.6 Å². The van der Waals surface area contributed by atoms with Crippen LogP contribution in [-0.4, -0.2) is 24.5 Å². The highest BCUT2D eigenvalue weighted by Crippen LogP contribution is 2.35. The molecule has 1 fully saturated rings. The Morgan fingerprint density at radius 1 is 1.06 bits per heavy atom. The third kappa shape index (κ3) is 4.99. The molecule has 0 aromatic carbocycles. The lowest BCUT2D eigenvalue weighted by Gasteiger charge is -2.33. The van der Waals surface area contributed by atoms with Gasteiger partial charge in [0.05, 0.1) is 0 Å². The average molecular weight is 239 g/mol. The Hall–Kier alpha value is -0.0400. The molecule has 1 atom stereocenters. The molecule has 17 heavy (non-hydrogen) atoms. The predicted octanol–water partition coefficient (Wildman–Crippen LogP) is 4.57. The van der Waals surface area contributed by atoms with Crippen LogP contribution in [0.5, 0.6) is 0 Å². The number of rotatable bonds is 6. The Kier molecular flexibility index (Phi) is 6.54. The van der Waals surface area contributed by atoms with E-state index in [1.165, 1.54) is 45.1 Å². The van der Waals surface area contributed by atoms with E-state index in [0.29, 0.717) is 6.04 Å². The van der Waals surface area contributed by atoms with Crippen molar-refractivity contribution in [3.05, 3.63) is 0 Å². The van der Waals surface area contributed by atoms with E-state index in [9.17, 15) is 0 Å². The van der Waals surface area contributed by atoms with Crippen LogP contribution in [0.15, 0.2) is 0 Å². The lowest BCUT2D eigenvalue weighted by Crippen LogP contribution is -2.30. The van der Waals surface area contributed by atoms with Crippen molar-refractivity contribution in [1.82, 2.24) is 4.90 Å². The highest BCUT2D eigenvalue weighted by Gasteiger charge is 2.24. The lowest BCUT2D eigenvalue weighted by atomic mass is 9.75. The minimum Gasteiger partial charge on any atom is -0.304 e. The van der Waals surface area contributed by atoms with E-state index >= 15 is 0 Å². The minimum absolute atomic E-state index is 0.693. The first-order chi connectivity index (χ1) is 8.04. The van der Waals surface area contributed by atoms with Crippen molar-refractivity contribution in [3.8, 4) is 0 Å². The zero-order valence-corrected chi connectivity index (χ0v) is 12.7. The van der Waals surface area contributed by atoms with E-state index in [1.807, 2.05) is 0 Å². The molecule has 1 aliphatic carbocycles. The zero-order chi connectivity index (χ0) is 12.8. The monoisotopic (exact) mass is 239 g/mol. The molecule has 1 heteroatoms. The summed E-state index contributed by atoms with van der Waals surface area (Å²) in [6.07, 6.45) is 8.75. The molecule has 1 unspecified atom stereocenters. The molecular formula is C16H33N. The third-order valence-electron chi connectivity index (χ3n) is 5.09. The fourth-order valence-corrected chi connectivity index (χ4v) is 3.07. The maximum absolute atomic E-state index is 2.48. The molecular weight excluding hydrogens is 206 g/mol. The van der Waals surface area contributed by atoms with Gasteiger partial charge in [-0.1, -0.05) is 33.1 Å². The molecule has 0 N–H and O–H groups in total. The highest BCUT2D eigenvalue weighted by molar-refractivity contribution is 4.76. The SMILES string of the molecule is CCC1CCC(C(C)CCN(C)C(C)C)CC1. The number of nitrogens with zero attached hydrogens (tertiary/aromatic N) is 1. The van der Waals surface area contributed by atoms with E-state index in [4.69, 9.17) is 0 Å². The summed E-state index contributed by atoms with van der Waals surface area (Å²) in [5, 5.41) is 0. The van der Waals surface area contributed by atoms with Crippen LogP contribution in [0, 0.1) is 17.8 Å². The lowest BCUT2D eigenvalue weighted by molar-refractivity contribution is 0.180. The summed E-state index contributed by atoms with van der Waals surface area (Å²) in [7, 11) is 2.26. The van der Waals surface area contributed by atoms with E-state index in [1.54, 1.807) is 0 Å². The molecule has 0 radical (unpaired) electrons. The van der Waals surface area contributed by atoms with Gasteiger partial charge in [0.25, 0.3) is 0 Å². The first-order valence-corrected chi connectivity index (χ1v) is 7.74. The van der Waals surface area contributed by atoms with Crippen molar-refractivity contribution >= 4 is 0 Å². The molecule has 1 rings (SSSR count). The van der Waals surface area contributed by atoms with Gasteiger partial charge in [0.2, 0.25) is 0 Å². The number of hydrogen-bond acceptors (Lipinski definition) is 1. The molecule has 0 spiro atoms. The van der Waals surface area contributed by atoms with E-state index in [-0.39, 0.29) is 0 Å². The smallest absolute Gasteiger partial charge is 0.00355 e. The van der Waals surface area contributed by atoms with E-state index in [2.05, 4.69) is 39.6 Å². The highest BCUT2D eigenvalue weighted by atomic mass is 15.1. The van der Waals surface area contributed by atoms with Crippen molar-refractivity contribution in [2.24, 2.45) is 17.8 Å². The number of hydrogen-bond donors (Lipinski definition) is 0. The standard InChI is InChI=1S/C16H33N/c1-6-15-7-9-16(10-8-15)14(4)11-12-17(5)13(2)3/h13-16H,6-12H2,1-5H3. The van der Waals surface area contributed by atoms with Crippen LogP contribution in [0.3, 0.4) is 0 Å². The summed E-state index contributed by atoms with van der Waals surface area (Å²) in [4.78, 5) is 2.48. The van der Waals surface area contributed by atoms with Gasteiger partial charge in [-0.25, -0.2) is 0 Å². The van der Waals surface area contributed by atoms with Crippen LogP contribution in [0.2, 0.25) is 0 Å². The van der Waals surface area contributed by atoms with Crippen molar-refractivity contribution in [2.45, 2.75) is 72.3 Å². The summed E-state index contributed by atoms with van der Waals surface area (Å²) in [5.41, 5.74) is 0. The van der Waals surface area contributed by atoms with Crippen LogP contribution in [0.4, 0.5) is 0 Å². The van der Waals surface area contributed by atoms with Crippen molar-refractivity contribution < 1.29 is 0 Å². The Morgan fingerprint density at radius 3 is 2.12 bits per heavy atom. The average Bonchev–Trinajstić information content (AvgIpc) is 2.35. The van der Waals surface area contributed by atoms with E-state index in [0.717, 1.165) is 17.8 Å². The predicted molar refractivity (Wildman–Crippen MR) is 77.3 cm³/mol. The molecule has 0 aromatic heterocycles. The first-order valence-electron chi connectivity index (χ1n) is 7.74. The summed E-state index contributed by atoms with van der Waals surface area (Å²) in [6.45, 7) is 10.7. The van der Waals surface area contributed by atoms with Gasteiger partial charge in [-0.2, -0.15) is 0 Å². The van der Waals surface area contributed by atoms with Gasteiger partial charge in [0.15, 0.2) is 0 Å². The van der Waals surface area contributed by atoms with Gasteiger partial charge >= 0.3 is 0 Å². The molecule has 0 amide bonds. The quantitative estimate of drug-likeness (QED) is 0.656. The Morgan fingerprint density at radius 2 is 1.65 bits per heavy atom. The summed E-state index contributed by atoms with van der Waals surface area (Å²) in [6, 6.07) is 0.693. The summed E-state index contributed by atoms with van der Waals surface area (Å²) in [5.74, 6) is 2.98. The second-order valence-electron chi connectivity index (χ2n) is 6.53. The van der Waals surface area contributed by atoms with E-state index < -0.39 is 0 Å². The second-order valence-corrected chi connectivity index (χ2v) is 6.53. The van der Waals surface area contributed by atoms with Gasteiger partial charge in [0, 0.05) is 6.04 Å². The van der Waals surface area contributed by atoms with Gasteiger partial charge in [-0.3, -0.25) is 0 Å².